The van der Waals surface area contributed by atoms with E-state index in [4.69, 9.17) is 0 Å². The highest BCUT2D eigenvalue weighted by atomic mass is 79.9. The summed E-state index contributed by atoms with van der Waals surface area (Å²) >= 11 is 3.43. The van der Waals surface area contributed by atoms with E-state index in [1.165, 1.54) is 5.56 Å². The van der Waals surface area contributed by atoms with Gasteiger partial charge in [0.25, 0.3) is 0 Å². The van der Waals surface area contributed by atoms with Crippen molar-refractivity contribution in [3.8, 4) is 0 Å². The average Bonchev–Trinajstić information content (AvgIpc) is 2.41. The van der Waals surface area contributed by atoms with Gasteiger partial charge in [-0.3, -0.25) is 0 Å². The minimum atomic E-state index is -2.84. The first kappa shape index (κ1) is 17.7. The van der Waals surface area contributed by atoms with Gasteiger partial charge >= 0.3 is 0 Å². The maximum absolute atomic E-state index is 11.5. The molecule has 0 spiro atoms. The van der Waals surface area contributed by atoms with E-state index in [9.17, 15) is 8.42 Å². The van der Waals surface area contributed by atoms with E-state index in [1.807, 2.05) is 12.1 Å². The minimum absolute atomic E-state index is 0.242. The molecule has 0 aliphatic carbocycles. The Bertz CT molecular complexity index is 485. The van der Waals surface area contributed by atoms with Crippen LogP contribution in [0, 0.1) is 0 Å². The van der Waals surface area contributed by atoms with E-state index in [0.29, 0.717) is 11.8 Å². The fourth-order valence-electron chi connectivity index (χ4n) is 2.16. The highest BCUT2D eigenvalue weighted by Crippen LogP contribution is 2.13. The van der Waals surface area contributed by atoms with E-state index in [2.05, 4.69) is 40.3 Å². The molecule has 0 aromatic heterocycles. The Labute approximate surface area is 131 Å². The van der Waals surface area contributed by atoms with Gasteiger partial charge in [0, 0.05) is 16.3 Å². The molecular formula is C15H24BrNO2S. The highest BCUT2D eigenvalue weighted by Gasteiger charge is 2.12. The molecule has 0 radical (unpaired) electrons. The zero-order chi connectivity index (χ0) is 15.0. The zero-order valence-electron chi connectivity index (χ0n) is 12.2. The summed E-state index contributed by atoms with van der Waals surface area (Å²) in [5.74, 6) is 0.539. The molecule has 1 aromatic rings. The molecule has 5 heteroatoms. The van der Waals surface area contributed by atoms with Crippen LogP contribution in [0.15, 0.2) is 28.7 Å². The number of benzene rings is 1. The Morgan fingerprint density at radius 1 is 1.20 bits per heavy atom. The molecule has 1 unspecified atom stereocenters. The second-order valence-corrected chi connectivity index (χ2v) is 8.35. The van der Waals surface area contributed by atoms with E-state index >= 15 is 0 Å². The fraction of sp³-hybridized carbons (Fsp3) is 0.600. The van der Waals surface area contributed by atoms with Crippen LogP contribution in [0.3, 0.4) is 0 Å². The highest BCUT2D eigenvalue weighted by molar-refractivity contribution is 9.10. The van der Waals surface area contributed by atoms with Crippen LogP contribution < -0.4 is 5.32 Å². The number of halogens is 1. The summed E-state index contributed by atoms with van der Waals surface area (Å²) in [4.78, 5) is 0. The molecule has 20 heavy (non-hydrogen) atoms. The van der Waals surface area contributed by atoms with Crippen molar-refractivity contribution < 1.29 is 8.42 Å². The summed E-state index contributed by atoms with van der Waals surface area (Å²) in [6.45, 7) is 4.69. The van der Waals surface area contributed by atoms with E-state index < -0.39 is 9.84 Å². The van der Waals surface area contributed by atoms with Crippen molar-refractivity contribution in [2.24, 2.45) is 0 Å². The molecule has 0 bridgehead atoms. The lowest BCUT2D eigenvalue weighted by Gasteiger charge is -2.18. The summed E-state index contributed by atoms with van der Waals surface area (Å²) < 4.78 is 24.1. The minimum Gasteiger partial charge on any atom is -0.314 e. The van der Waals surface area contributed by atoms with Crippen LogP contribution in [0.1, 0.15) is 32.3 Å². The summed E-state index contributed by atoms with van der Waals surface area (Å²) in [5.41, 5.74) is 1.28. The lowest BCUT2D eigenvalue weighted by Crippen LogP contribution is -2.31. The van der Waals surface area contributed by atoms with Crippen molar-refractivity contribution in [3.63, 3.8) is 0 Å². The number of nitrogens with one attached hydrogen (secondary N) is 1. The third kappa shape index (κ3) is 6.86. The first-order chi connectivity index (χ1) is 9.46. The van der Waals surface area contributed by atoms with Gasteiger partial charge in [0.1, 0.15) is 9.84 Å². The molecule has 114 valence electrons. The monoisotopic (exact) mass is 361 g/mol. The second-order valence-electron chi connectivity index (χ2n) is 4.96. The molecule has 0 aliphatic heterocycles. The van der Waals surface area contributed by atoms with Gasteiger partial charge in [0.15, 0.2) is 0 Å². The number of rotatable bonds is 9. The van der Waals surface area contributed by atoms with Crippen molar-refractivity contribution in [3.05, 3.63) is 34.3 Å². The summed E-state index contributed by atoms with van der Waals surface area (Å²) in [6, 6.07) is 8.64. The van der Waals surface area contributed by atoms with Gasteiger partial charge in [-0.2, -0.15) is 0 Å². The molecule has 0 aliphatic rings. The van der Waals surface area contributed by atoms with E-state index in [1.54, 1.807) is 6.92 Å². The summed E-state index contributed by atoms with van der Waals surface area (Å²) in [7, 11) is -2.84. The van der Waals surface area contributed by atoms with Crippen LogP contribution in [0.25, 0.3) is 0 Å². The summed E-state index contributed by atoms with van der Waals surface area (Å²) in [6.07, 6.45) is 2.56. The maximum Gasteiger partial charge on any atom is 0.150 e. The van der Waals surface area contributed by atoms with Crippen molar-refractivity contribution in [2.75, 3.05) is 18.1 Å². The van der Waals surface area contributed by atoms with Gasteiger partial charge in [-0.15, -0.1) is 0 Å². The molecule has 0 saturated carbocycles. The zero-order valence-corrected chi connectivity index (χ0v) is 14.6. The van der Waals surface area contributed by atoms with Gasteiger partial charge in [0.05, 0.1) is 5.75 Å². The Hall–Kier alpha value is -0.390. The van der Waals surface area contributed by atoms with Crippen LogP contribution in [-0.4, -0.2) is 32.5 Å². The molecule has 0 fully saturated rings. The van der Waals surface area contributed by atoms with E-state index in [0.717, 1.165) is 30.3 Å². The van der Waals surface area contributed by atoms with Crippen LogP contribution >= 0.6 is 15.9 Å². The molecule has 0 amide bonds. The van der Waals surface area contributed by atoms with Crippen LogP contribution in [0.4, 0.5) is 0 Å². The Morgan fingerprint density at radius 2 is 1.85 bits per heavy atom. The Morgan fingerprint density at radius 3 is 2.40 bits per heavy atom. The topological polar surface area (TPSA) is 46.2 Å². The SMILES string of the molecule is CCNC(CCCS(=O)(=O)CC)Cc1ccc(Br)cc1. The largest absolute Gasteiger partial charge is 0.314 e. The van der Waals surface area contributed by atoms with Gasteiger partial charge in [-0.05, 0) is 43.5 Å². The molecule has 1 N–H and O–H groups in total. The van der Waals surface area contributed by atoms with Crippen LogP contribution in [0.2, 0.25) is 0 Å². The lowest BCUT2D eigenvalue weighted by molar-refractivity contribution is 0.484. The van der Waals surface area contributed by atoms with Gasteiger partial charge in [-0.1, -0.05) is 41.9 Å². The number of likely N-dealkylation sites (N-methyl/N-ethyl adjacent to an activating group) is 1. The Balaban J connectivity index is 2.50. The normalized spacial score (nSPS) is 13.3. The maximum atomic E-state index is 11.5. The first-order valence-corrected chi connectivity index (χ1v) is 9.76. The fourth-order valence-corrected chi connectivity index (χ4v) is 3.32. The van der Waals surface area contributed by atoms with Gasteiger partial charge < -0.3 is 5.32 Å². The number of sulfone groups is 1. The lowest BCUT2D eigenvalue weighted by atomic mass is 10.0. The standard InChI is InChI=1S/C15H24BrNO2S/c1-3-17-15(6-5-11-20(18,19)4-2)12-13-7-9-14(16)10-8-13/h7-10,15,17H,3-6,11-12H2,1-2H3. The average molecular weight is 362 g/mol. The van der Waals surface area contributed by atoms with Gasteiger partial charge in [-0.25, -0.2) is 8.42 Å². The second kappa shape index (κ2) is 8.80. The molecule has 3 nitrogen and oxygen atoms in total. The summed E-state index contributed by atoms with van der Waals surface area (Å²) in [5, 5.41) is 3.44. The van der Waals surface area contributed by atoms with Crippen molar-refractivity contribution >= 4 is 25.8 Å². The molecule has 1 atom stereocenters. The first-order valence-electron chi connectivity index (χ1n) is 7.15. The molecule has 0 heterocycles. The number of hydrogen-bond acceptors (Lipinski definition) is 3. The van der Waals surface area contributed by atoms with Crippen molar-refractivity contribution in [2.45, 2.75) is 39.2 Å². The molecule has 0 saturated heterocycles. The predicted molar refractivity (Wildman–Crippen MR) is 88.9 cm³/mol. The third-order valence-electron chi connectivity index (χ3n) is 3.34. The third-order valence-corrected chi connectivity index (χ3v) is 5.65. The molecule has 1 rings (SSSR count). The van der Waals surface area contributed by atoms with E-state index in [-0.39, 0.29) is 5.75 Å². The smallest absolute Gasteiger partial charge is 0.150 e. The van der Waals surface area contributed by atoms with Gasteiger partial charge in [0.2, 0.25) is 0 Å². The quantitative estimate of drug-likeness (QED) is 0.734. The Kier molecular flexibility index (Phi) is 7.77. The number of hydrogen-bond donors (Lipinski definition) is 1. The van der Waals surface area contributed by atoms with Crippen LogP contribution in [-0.2, 0) is 16.3 Å². The molecular weight excluding hydrogens is 338 g/mol. The molecule has 1 aromatic carbocycles. The van der Waals surface area contributed by atoms with Crippen molar-refractivity contribution in [1.29, 1.82) is 0 Å². The van der Waals surface area contributed by atoms with Crippen LogP contribution in [0.5, 0.6) is 0 Å². The van der Waals surface area contributed by atoms with Crippen molar-refractivity contribution in [1.82, 2.24) is 5.32 Å². The predicted octanol–water partition coefficient (Wildman–Crippen LogP) is 3.18.